The summed E-state index contributed by atoms with van der Waals surface area (Å²) < 4.78 is 2.71. The number of carbonyl (C=O) groups excluding carboxylic acids is 1. The molecule has 2 aromatic carbocycles. The summed E-state index contributed by atoms with van der Waals surface area (Å²) in [5, 5.41) is 2.99. The fourth-order valence-electron chi connectivity index (χ4n) is 3.71. The Kier molecular flexibility index (Phi) is 4.50. The van der Waals surface area contributed by atoms with Crippen molar-refractivity contribution >= 4 is 28.3 Å². The van der Waals surface area contributed by atoms with Crippen molar-refractivity contribution in [2.45, 2.75) is 12.8 Å². The van der Waals surface area contributed by atoms with E-state index in [0.29, 0.717) is 22.3 Å². The smallest absolute Gasteiger partial charge is 0.316 e. The fourth-order valence-corrected chi connectivity index (χ4v) is 3.71. The molecule has 2 heterocycles. The monoisotopic (exact) mass is 378 g/mol. The Labute approximate surface area is 161 Å². The Bertz CT molecular complexity index is 1170. The molecule has 0 unspecified atom stereocenters. The van der Waals surface area contributed by atoms with Crippen LogP contribution in [0.2, 0.25) is 0 Å². The van der Waals surface area contributed by atoms with Gasteiger partial charge in [-0.1, -0.05) is 18.2 Å². The number of nitrogens with one attached hydrogen (secondary N) is 1. The number of hydrogen-bond donors (Lipinski definition) is 1. The van der Waals surface area contributed by atoms with Crippen molar-refractivity contribution in [3.63, 3.8) is 0 Å². The molecule has 0 atom stereocenters. The summed E-state index contributed by atoms with van der Waals surface area (Å²) in [6.07, 6.45) is 2.16. The zero-order valence-corrected chi connectivity index (χ0v) is 15.9. The number of fused-ring (bicyclic) bond motifs is 1. The van der Waals surface area contributed by atoms with Gasteiger partial charge in [0.2, 0.25) is 0 Å². The van der Waals surface area contributed by atoms with E-state index in [4.69, 9.17) is 0 Å². The van der Waals surface area contributed by atoms with E-state index in [9.17, 15) is 14.4 Å². The van der Waals surface area contributed by atoms with Gasteiger partial charge in [-0.3, -0.25) is 14.4 Å². The molecule has 1 fully saturated rings. The van der Waals surface area contributed by atoms with Gasteiger partial charge in [-0.2, -0.15) is 0 Å². The van der Waals surface area contributed by atoms with Crippen LogP contribution in [0.5, 0.6) is 0 Å². The van der Waals surface area contributed by atoms with Crippen LogP contribution in [-0.4, -0.2) is 28.1 Å². The molecule has 0 radical (unpaired) electrons. The Balaban J connectivity index is 1.90. The molecule has 4 rings (SSSR count). The maximum Gasteiger partial charge on any atom is 0.316 e. The summed E-state index contributed by atoms with van der Waals surface area (Å²) in [6.45, 7) is 1.78. The number of benzene rings is 2. The average Bonchev–Trinajstić information content (AvgIpc) is 3.25. The van der Waals surface area contributed by atoms with Crippen molar-refractivity contribution in [3.05, 3.63) is 68.7 Å². The van der Waals surface area contributed by atoms with Crippen molar-refractivity contribution < 1.29 is 4.79 Å². The molecule has 144 valence electrons. The van der Waals surface area contributed by atoms with E-state index in [0.717, 1.165) is 31.6 Å². The van der Waals surface area contributed by atoms with Gasteiger partial charge in [0.05, 0.1) is 22.4 Å². The Hall–Kier alpha value is -3.35. The van der Waals surface area contributed by atoms with E-state index < -0.39 is 11.1 Å². The third kappa shape index (κ3) is 2.98. The predicted molar refractivity (Wildman–Crippen MR) is 110 cm³/mol. The highest BCUT2D eigenvalue weighted by molar-refractivity contribution is 6.07. The van der Waals surface area contributed by atoms with Gasteiger partial charge in [-0.25, -0.2) is 0 Å². The number of rotatable bonds is 3. The molecule has 0 aliphatic carbocycles. The second-order valence-electron chi connectivity index (χ2n) is 7.10. The van der Waals surface area contributed by atoms with Crippen LogP contribution in [0.15, 0.2) is 52.1 Å². The predicted octanol–water partition coefficient (Wildman–Crippen LogP) is 2.09. The van der Waals surface area contributed by atoms with Crippen LogP contribution in [0.25, 0.3) is 11.0 Å². The van der Waals surface area contributed by atoms with Crippen molar-refractivity contribution in [1.82, 2.24) is 9.13 Å². The molecule has 0 bridgehead atoms. The second kappa shape index (κ2) is 6.99. The number of aromatic nitrogens is 2. The zero-order valence-electron chi connectivity index (χ0n) is 15.9. The second-order valence-corrected chi connectivity index (χ2v) is 7.10. The van der Waals surface area contributed by atoms with Crippen LogP contribution < -0.4 is 21.3 Å². The minimum Gasteiger partial charge on any atom is -0.370 e. The number of anilines is 2. The molecule has 1 aromatic heterocycles. The van der Waals surface area contributed by atoms with Crippen LogP contribution in [0.3, 0.4) is 0 Å². The Morgan fingerprint density at radius 3 is 2.07 bits per heavy atom. The average molecular weight is 378 g/mol. The summed E-state index contributed by atoms with van der Waals surface area (Å²) in [5.41, 5.74) is 2.15. The number of carbonyl (C=O) groups is 1. The first-order chi connectivity index (χ1) is 13.5. The first-order valence-corrected chi connectivity index (χ1v) is 9.32. The molecule has 3 aromatic rings. The fraction of sp³-hybridized carbons (Fsp3) is 0.286. The van der Waals surface area contributed by atoms with E-state index in [1.807, 2.05) is 24.3 Å². The minimum atomic E-state index is -0.593. The topological polar surface area (TPSA) is 76.3 Å². The van der Waals surface area contributed by atoms with Gasteiger partial charge >= 0.3 is 11.1 Å². The molecule has 1 saturated heterocycles. The normalized spacial score (nSPS) is 13.9. The quantitative estimate of drug-likeness (QED) is 0.708. The van der Waals surface area contributed by atoms with Gasteiger partial charge < -0.3 is 19.4 Å². The summed E-state index contributed by atoms with van der Waals surface area (Å²) in [5.74, 6) is -0.213. The molecule has 0 saturated carbocycles. The molecular formula is C21H22N4O3. The van der Waals surface area contributed by atoms with Crippen LogP contribution in [0, 0.1) is 0 Å². The molecule has 28 heavy (non-hydrogen) atoms. The van der Waals surface area contributed by atoms with Crippen LogP contribution >= 0.6 is 0 Å². The van der Waals surface area contributed by atoms with Gasteiger partial charge in [-0.15, -0.1) is 0 Å². The van der Waals surface area contributed by atoms with E-state index in [1.165, 1.54) is 9.13 Å². The maximum atomic E-state index is 12.7. The lowest BCUT2D eigenvalue weighted by atomic mass is 10.1. The largest absolute Gasteiger partial charge is 0.370 e. The van der Waals surface area contributed by atoms with E-state index in [-0.39, 0.29) is 5.91 Å². The first-order valence-electron chi connectivity index (χ1n) is 9.32. The zero-order chi connectivity index (χ0) is 19.8. The molecule has 1 N–H and O–H groups in total. The van der Waals surface area contributed by atoms with Crippen molar-refractivity contribution in [3.8, 4) is 0 Å². The van der Waals surface area contributed by atoms with E-state index in [2.05, 4.69) is 10.2 Å². The molecular weight excluding hydrogens is 356 g/mol. The van der Waals surface area contributed by atoms with Gasteiger partial charge in [0.1, 0.15) is 0 Å². The van der Waals surface area contributed by atoms with Gasteiger partial charge in [0.15, 0.2) is 0 Å². The maximum absolute atomic E-state index is 12.7. The number of hydrogen-bond acceptors (Lipinski definition) is 4. The van der Waals surface area contributed by atoms with Crippen LogP contribution in [0.4, 0.5) is 11.4 Å². The summed E-state index contributed by atoms with van der Waals surface area (Å²) >= 11 is 0. The van der Waals surface area contributed by atoms with E-state index >= 15 is 0 Å². The highest BCUT2D eigenvalue weighted by atomic mass is 16.2. The SMILES string of the molecule is Cn1c(=O)c(=O)n(C)c2cc(N3CCCC3)c(NC(=O)c3ccccc3)cc21. The summed E-state index contributed by atoms with van der Waals surface area (Å²) in [4.78, 5) is 39.4. The molecule has 7 nitrogen and oxygen atoms in total. The highest BCUT2D eigenvalue weighted by Gasteiger charge is 2.20. The van der Waals surface area contributed by atoms with Crippen LogP contribution in [0.1, 0.15) is 23.2 Å². The lowest BCUT2D eigenvalue weighted by Gasteiger charge is -2.23. The first kappa shape index (κ1) is 18.0. The molecule has 0 spiro atoms. The summed E-state index contributed by atoms with van der Waals surface area (Å²) in [7, 11) is 3.17. The molecule has 1 aliphatic rings. The number of nitrogens with zero attached hydrogens (tertiary/aromatic N) is 3. The van der Waals surface area contributed by atoms with Crippen molar-refractivity contribution in [1.29, 1.82) is 0 Å². The third-order valence-corrected chi connectivity index (χ3v) is 5.34. The standard InChI is InChI=1S/C21H22N4O3/c1-23-17-12-15(22-19(26)14-8-4-3-5-9-14)16(25-10-6-7-11-25)13-18(17)24(2)21(28)20(23)27/h3-5,8-9,12-13H,6-7,10-11H2,1-2H3,(H,22,26). The van der Waals surface area contributed by atoms with Gasteiger partial charge in [-0.05, 0) is 37.1 Å². The van der Waals surface area contributed by atoms with Crippen molar-refractivity contribution in [2.24, 2.45) is 14.1 Å². The molecule has 1 amide bonds. The lowest BCUT2D eigenvalue weighted by Crippen LogP contribution is -2.39. The van der Waals surface area contributed by atoms with E-state index in [1.54, 1.807) is 32.3 Å². The Morgan fingerprint density at radius 2 is 1.46 bits per heavy atom. The minimum absolute atomic E-state index is 0.213. The third-order valence-electron chi connectivity index (χ3n) is 5.34. The highest BCUT2D eigenvalue weighted by Crippen LogP contribution is 2.33. The lowest BCUT2D eigenvalue weighted by molar-refractivity contribution is 0.102. The van der Waals surface area contributed by atoms with Gasteiger partial charge in [0.25, 0.3) is 5.91 Å². The van der Waals surface area contributed by atoms with Crippen LogP contribution in [-0.2, 0) is 14.1 Å². The molecule has 7 heteroatoms. The molecule has 1 aliphatic heterocycles. The summed E-state index contributed by atoms with van der Waals surface area (Å²) in [6, 6.07) is 12.7. The number of aryl methyl sites for hydroxylation is 2. The van der Waals surface area contributed by atoms with Gasteiger partial charge in [0, 0.05) is 32.7 Å². The van der Waals surface area contributed by atoms with Crippen molar-refractivity contribution in [2.75, 3.05) is 23.3 Å². The number of amides is 1. The Morgan fingerprint density at radius 1 is 0.893 bits per heavy atom.